The Kier molecular flexibility index (Phi) is 5.88. The van der Waals surface area contributed by atoms with Crippen molar-refractivity contribution in [3.63, 3.8) is 0 Å². The van der Waals surface area contributed by atoms with Crippen LogP contribution in [0.3, 0.4) is 0 Å². The molecule has 0 aromatic heterocycles. The van der Waals surface area contributed by atoms with Crippen LogP contribution in [0.15, 0.2) is 140 Å². The number of rotatable bonds is 4. The number of hydrogen-bond acceptors (Lipinski definition) is 1. The molecule has 3 unspecified atom stereocenters. The topological polar surface area (TPSA) is 3.24 Å². The van der Waals surface area contributed by atoms with Crippen molar-refractivity contribution < 1.29 is 0 Å². The Morgan fingerprint density at radius 1 is 0.482 bits per heavy atom. The largest absolute Gasteiger partial charge is 0.310 e. The molecular formula is C55H49N. The van der Waals surface area contributed by atoms with Crippen molar-refractivity contribution in [2.75, 3.05) is 4.90 Å². The summed E-state index contributed by atoms with van der Waals surface area (Å²) in [7, 11) is 0. The van der Waals surface area contributed by atoms with Gasteiger partial charge in [0.05, 0.1) is 0 Å². The van der Waals surface area contributed by atoms with Crippen LogP contribution < -0.4 is 4.90 Å². The minimum absolute atomic E-state index is 0.114. The van der Waals surface area contributed by atoms with Crippen molar-refractivity contribution in [3.8, 4) is 33.4 Å². The summed E-state index contributed by atoms with van der Waals surface area (Å²) in [5.41, 5.74) is 19.6. The Balaban J connectivity index is 0.994. The zero-order chi connectivity index (χ0) is 36.5. The van der Waals surface area contributed by atoms with E-state index in [9.17, 15) is 0 Å². The van der Waals surface area contributed by atoms with Crippen LogP contribution in [0.4, 0.5) is 17.1 Å². The van der Waals surface area contributed by atoms with E-state index in [-0.39, 0.29) is 10.8 Å². The van der Waals surface area contributed by atoms with Crippen molar-refractivity contribution in [1.29, 1.82) is 0 Å². The molecule has 1 heteroatoms. The molecule has 8 aliphatic rings. The fourth-order valence-corrected chi connectivity index (χ4v) is 16.4. The second-order valence-corrected chi connectivity index (χ2v) is 19.8. The molecule has 56 heavy (non-hydrogen) atoms. The lowest BCUT2D eigenvalue weighted by molar-refractivity contribution is -0.125. The second-order valence-electron chi connectivity index (χ2n) is 19.8. The normalized spacial score (nSPS) is 35.1. The van der Waals surface area contributed by atoms with E-state index in [0.717, 1.165) is 41.4 Å². The predicted octanol–water partition coefficient (Wildman–Crippen LogP) is 13.9. The number of nitrogens with zero attached hydrogens (tertiary/aromatic N) is 1. The van der Waals surface area contributed by atoms with Gasteiger partial charge >= 0.3 is 0 Å². The van der Waals surface area contributed by atoms with E-state index in [4.69, 9.17) is 0 Å². The third-order valence-corrected chi connectivity index (χ3v) is 18.3. The highest BCUT2D eigenvalue weighted by Crippen LogP contribution is 2.82. The van der Waals surface area contributed by atoms with Gasteiger partial charge in [-0.1, -0.05) is 116 Å². The lowest BCUT2D eigenvalue weighted by atomic mass is 9.38. The molecule has 2 spiro atoms. The average Bonchev–Trinajstić information content (AvgIpc) is 4.09. The van der Waals surface area contributed by atoms with Gasteiger partial charge in [-0.2, -0.15) is 0 Å². The first-order chi connectivity index (χ1) is 27.6. The number of anilines is 3. The van der Waals surface area contributed by atoms with E-state index < -0.39 is 0 Å². The van der Waals surface area contributed by atoms with Gasteiger partial charge in [0, 0.05) is 27.9 Å². The number of hydrogen-bond donors (Lipinski definition) is 0. The maximum Gasteiger partial charge on any atom is 0.0467 e. The highest BCUT2D eigenvalue weighted by molar-refractivity contribution is 5.90. The van der Waals surface area contributed by atoms with Crippen molar-refractivity contribution in [2.45, 2.75) is 69.1 Å². The molecule has 0 amide bonds. The van der Waals surface area contributed by atoms with Crippen molar-refractivity contribution >= 4 is 17.1 Å². The highest BCUT2D eigenvalue weighted by atomic mass is 15.1. The Morgan fingerprint density at radius 2 is 1.14 bits per heavy atom. The van der Waals surface area contributed by atoms with Gasteiger partial charge in [0.25, 0.3) is 0 Å². The molecule has 6 saturated carbocycles. The zero-order valence-electron chi connectivity index (χ0n) is 32.4. The average molecular weight is 724 g/mol. The molecule has 10 atom stereocenters. The van der Waals surface area contributed by atoms with Crippen LogP contribution in [-0.4, -0.2) is 0 Å². The van der Waals surface area contributed by atoms with Crippen molar-refractivity contribution in [3.05, 3.63) is 162 Å². The third-order valence-electron chi connectivity index (χ3n) is 18.3. The van der Waals surface area contributed by atoms with E-state index in [2.05, 4.69) is 151 Å². The van der Waals surface area contributed by atoms with Crippen LogP contribution in [0.1, 0.15) is 80.5 Å². The van der Waals surface area contributed by atoms with Crippen LogP contribution in [0.5, 0.6) is 0 Å². The maximum absolute atomic E-state index is 2.74. The predicted molar refractivity (Wildman–Crippen MR) is 228 cm³/mol. The number of benzene rings is 6. The van der Waals surface area contributed by atoms with Crippen LogP contribution >= 0.6 is 0 Å². The molecule has 6 aromatic carbocycles. The van der Waals surface area contributed by atoms with Crippen LogP contribution in [0, 0.1) is 46.8 Å². The number of fused-ring (bicyclic) bond motifs is 16. The fourth-order valence-electron chi connectivity index (χ4n) is 16.4. The van der Waals surface area contributed by atoms with E-state index in [0.29, 0.717) is 5.41 Å². The molecule has 8 aliphatic carbocycles. The van der Waals surface area contributed by atoms with E-state index >= 15 is 0 Å². The first-order valence-corrected chi connectivity index (χ1v) is 22.0. The Morgan fingerprint density at radius 3 is 1.93 bits per heavy atom. The molecule has 6 aromatic rings. The molecule has 0 saturated heterocycles. The third kappa shape index (κ3) is 3.55. The summed E-state index contributed by atoms with van der Waals surface area (Å²) < 4.78 is 0. The molecule has 4 bridgehead atoms. The molecular weight excluding hydrogens is 675 g/mol. The van der Waals surface area contributed by atoms with Crippen LogP contribution in [-0.2, 0) is 10.8 Å². The Labute approximate surface area is 331 Å². The highest BCUT2D eigenvalue weighted by Gasteiger charge is 2.76. The smallest absolute Gasteiger partial charge is 0.0467 e. The summed E-state index contributed by atoms with van der Waals surface area (Å²) in [5.74, 6) is 5.86. The van der Waals surface area contributed by atoms with Crippen molar-refractivity contribution in [1.82, 2.24) is 0 Å². The van der Waals surface area contributed by atoms with E-state index in [1.807, 2.05) is 0 Å². The van der Waals surface area contributed by atoms with Gasteiger partial charge in [0.1, 0.15) is 0 Å². The Bertz CT molecular complexity index is 2650. The lowest BCUT2D eigenvalue weighted by Gasteiger charge is -2.66. The maximum atomic E-state index is 2.74. The monoisotopic (exact) mass is 723 g/mol. The molecule has 0 N–H and O–H groups in total. The fraction of sp³-hybridized carbons (Fsp3) is 0.345. The quantitative estimate of drug-likeness (QED) is 0.175. The van der Waals surface area contributed by atoms with Crippen LogP contribution in [0.2, 0.25) is 0 Å². The standard InChI is InChI=1S/C55H49N/c1-53-38-25-36-26-39(28-49(36)53)55(52(53)29-38)48-17-8-6-15-44(48)46-23-21-42(31-51(46)55)56(40-13-9-12-35(27-40)34-10-3-2-4-11-34)41-20-22-45-43-14-5-7-16-47(43)54(50(45)30-41)32-33-18-19-37(54)24-33/h2-17,20-23,27,30-31,33,36-39,49,52H,18-19,24-26,28-29,32H2,1H3/t33-,36?,37+,38?,39-,49+,52?,53+,54-,55-/m0/s1. The molecule has 14 rings (SSSR count). The molecule has 1 nitrogen and oxygen atoms in total. The van der Waals surface area contributed by atoms with Gasteiger partial charge in [0.2, 0.25) is 0 Å². The van der Waals surface area contributed by atoms with Gasteiger partial charge in [0.15, 0.2) is 0 Å². The summed E-state index contributed by atoms with van der Waals surface area (Å²) in [6.07, 6.45) is 11.2. The molecule has 6 fully saturated rings. The summed E-state index contributed by atoms with van der Waals surface area (Å²) in [5, 5.41) is 0. The first kappa shape index (κ1) is 31.2. The van der Waals surface area contributed by atoms with E-state index in [1.165, 1.54) is 102 Å². The molecule has 274 valence electrons. The zero-order valence-corrected chi connectivity index (χ0v) is 32.4. The van der Waals surface area contributed by atoms with Crippen molar-refractivity contribution in [2.24, 2.45) is 46.8 Å². The van der Waals surface area contributed by atoms with E-state index in [1.54, 1.807) is 22.3 Å². The Hall–Kier alpha value is -4.88. The SMILES string of the molecule is C[C@@]12C3CC4C[C@@H](C[C@H]41)[C@@]1(c4ccccc4-c4ccc(N(c5cccc(-c6ccccc6)c5)c5ccc6c(c5)[C@]5(C[C@H]7CC[C@@H]5C7)c5ccccc5-6)cc41)C2C3. The van der Waals surface area contributed by atoms with Gasteiger partial charge in [-0.05, 0) is 184 Å². The summed E-state index contributed by atoms with van der Waals surface area (Å²) in [6, 6.07) is 54.7. The lowest BCUT2D eigenvalue weighted by Crippen LogP contribution is -2.62. The molecule has 0 aliphatic heterocycles. The van der Waals surface area contributed by atoms with Gasteiger partial charge in [-0.25, -0.2) is 0 Å². The van der Waals surface area contributed by atoms with Gasteiger partial charge in [-0.15, -0.1) is 0 Å². The second kappa shape index (κ2) is 10.5. The molecule has 0 radical (unpaired) electrons. The molecule has 0 heterocycles. The minimum atomic E-state index is 0.114. The van der Waals surface area contributed by atoms with Crippen LogP contribution in [0.25, 0.3) is 33.4 Å². The van der Waals surface area contributed by atoms with Gasteiger partial charge in [-0.3, -0.25) is 0 Å². The van der Waals surface area contributed by atoms with Gasteiger partial charge < -0.3 is 4.90 Å². The summed E-state index contributed by atoms with van der Waals surface area (Å²) in [6.45, 7) is 2.74. The first-order valence-electron chi connectivity index (χ1n) is 22.0. The summed E-state index contributed by atoms with van der Waals surface area (Å²) in [4.78, 5) is 2.64. The summed E-state index contributed by atoms with van der Waals surface area (Å²) >= 11 is 0. The minimum Gasteiger partial charge on any atom is -0.310 e.